The number of halogens is 1. The van der Waals surface area contributed by atoms with Gasteiger partial charge in [-0.2, -0.15) is 0 Å². The second kappa shape index (κ2) is 7.90. The molecule has 1 aromatic rings. The van der Waals surface area contributed by atoms with Crippen molar-refractivity contribution in [2.45, 2.75) is 33.6 Å². The van der Waals surface area contributed by atoms with Crippen LogP contribution in [0.4, 0.5) is 5.69 Å². The van der Waals surface area contributed by atoms with E-state index in [-0.39, 0.29) is 18.2 Å². The lowest BCUT2D eigenvalue weighted by Gasteiger charge is -2.20. The molecule has 4 nitrogen and oxygen atoms in total. The Balaban J connectivity index is 2.55. The van der Waals surface area contributed by atoms with Crippen molar-refractivity contribution < 1.29 is 9.59 Å². The zero-order chi connectivity index (χ0) is 15.1. The highest BCUT2D eigenvalue weighted by Crippen LogP contribution is 2.20. The van der Waals surface area contributed by atoms with Gasteiger partial charge in [-0.25, -0.2) is 0 Å². The summed E-state index contributed by atoms with van der Waals surface area (Å²) in [6, 6.07) is 5.37. The Morgan fingerprint density at radius 2 is 2.00 bits per heavy atom. The van der Waals surface area contributed by atoms with Crippen LogP contribution in [0.25, 0.3) is 0 Å². The molecule has 2 amide bonds. The number of rotatable bonds is 6. The average molecular weight is 297 g/mol. The molecule has 20 heavy (non-hydrogen) atoms. The Kier molecular flexibility index (Phi) is 6.52. The van der Waals surface area contributed by atoms with E-state index < -0.39 is 0 Å². The Bertz CT molecular complexity index is 489. The van der Waals surface area contributed by atoms with E-state index in [0.717, 1.165) is 12.0 Å². The molecule has 1 N–H and O–H groups in total. The van der Waals surface area contributed by atoms with E-state index in [1.165, 1.54) is 6.92 Å². The van der Waals surface area contributed by atoms with Gasteiger partial charge in [0, 0.05) is 37.1 Å². The van der Waals surface area contributed by atoms with Crippen molar-refractivity contribution in [1.82, 2.24) is 4.90 Å². The zero-order valence-electron chi connectivity index (χ0n) is 12.2. The average Bonchev–Trinajstić information content (AvgIpc) is 2.38. The molecule has 0 aromatic heterocycles. The molecular weight excluding hydrogens is 276 g/mol. The van der Waals surface area contributed by atoms with E-state index in [2.05, 4.69) is 5.32 Å². The van der Waals surface area contributed by atoms with Gasteiger partial charge in [0.1, 0.15) is 0 Å². The topological polar surface area (TPSA) is 49.4 Å². The number of benzene rings is 1. The lowest BCUT2D eigenvalue weighted by Crippen LogP contribution is -2.32. The van der Waals surface area contributed by atoms with Crippen molar-refractivity contribution >= 4 is 29.1 Å². The molecule has 0 fully saturated rings. The minimum atomic E-state index is -0.113. The van der Waals surface area contributed by atoms with Crippen LogP contribution in [0.2, 0.25) is 5.02 Å². The van der Waals surface area contributed by atoms with Crippen LogP contribution in [0, 0.1) is 6.92 Å². The van der Waals surface area contributed by atoms with E-state index in [0.29, 0.717) is 23.8 Å². The second-order valence-corrected chi connectivity index (χ2v) is 5.20. The molecule has 0 spiro atoms. The van der Waals surface area contributed by atoms with Crippen LogP contribution >= 0.6 is 11.6 Å². The number of hydrogen-bond acceptors (Lipinski definition) is 2. The number of carbonyl (C=O) groups is 2. The predicted octanol–water partition coefficient (Wildman–Crippen LogP) is 3.24. The first kappa shape index (κ1) is 16.5. The fourth-order valence-corrected chi connectivity index (χ4v) is 2.05. The SMILES string of the molecule is CCCN(CCC(=O)Nc1cc(Cl)ccc1C)C(C)=O. The lowest BCUT2D eigenvalue weighted by molar-refractivity contribution is -0.129. The molecule has 1 rings (SSSR count). The zero-order valence-corrected chi connectivity index (χ0v) is 13.0. The number of anilines is 1. The number of amides is 2. The first-order valence-electron chi connectivity index (χ1n) is 6.75. The van der Waals surface area contributed by atoms with Crippen LogP contribution in [-0.2, 0) is 9.59 Å². The van der Waals surface area contributed by atoms with Crippen LogP contribution in [0.15, 0.2) is 18.2 Å². The maximum Gasteiger partial charge on any atom is 0.226 e. The largest absolute Gasteiger partial charge is 0.342 e. The van der Waals surface area contributed by atoms with Gasteiger partial charge in [-0.3, -0.25) is 9.59 Å². The van der Waals surface area contributed by atoms with Crippen molar-refractivity contribution in [1.29, 1.82) is 0 Å². The first-order valence-corrected chi connectivity index (χ1v) is 7.13. The van der Waals surface area contributed by atoms with Gasteiger partial charge in [0.05, 0.1) is 0 Å². The van der Waals surface area contributed by atoms with E-state index in [1.807, 2.05) is 19.9 Å². The molecule has 0 radical (unpaired) electrons. The summed E-state index contributed by atoms with van der Waals surface area (Å²) >= 11 is 5.91. The molecule has 0 aliphatic carbocycles. The third-order valence-corrected chi connectivity index (χ3v) is 3.26. The van der Waals surface area contributed by atoms with Gasteiger partial charge in [-0.05, 0) is 31.0 Å². The van der Waals surface area contributed by atoms with E-state index >= 15 is 0 Å². The smallest absolute Gasteiger partial charge is 0.226 e. The summed E-state index contributed by atoms with van der Waals surface area (Å²) in [6.07, 6.45) is 1.17. The quantitative estimate of drug-likeness (QED) is 0.876. The summed E-state index contributed by atoms with van der Waals surface area (Å²) < 4.78 is 0. The van der Waals surface area contributed by atoms with E-state index in [1.54, 1.807) is 17.0 Å². The molecular formula is C15H21ClN2O2. The number of carbonyl (C=O) groups excluding carboxylic acids is 2. The molecule has 0 atom stereocenters. The van der Waals surface area contributed by atoms with E-state index in [9.17, 15) is 9.59 Å². The van der Waals surface area contributed by atoms with Gasteiger partial charge in [0.25, 0.3) is 0 Å². The fraction of sp³-hybridized carbons (Fsp3) is 0.467. The molecule has 0 bridgehead atoms. The summed E-state index contributed by atoms with van der Waals surface area (Å²) in [5.74, 6) is -0.115. The monoisotopic (exact) mass is 296 g/mol. The fourth-order valence-electron chi connectivity index (χ4n) is 1.87. The van der Waals surface area contributed by atoms with Gasteiger partial charge in [0.15, 0.2) is 0 Å². The first-order chi connectivity index (χ1) is 9.43. The van der Waals surface area contributed by atoms with Gasteiger partial charge in [-0.15, -0.1) is 0 Å². The van der Waals surface area contributed by atoms with Crippen LogP contribution in [0.5, 0.6) is 0 Å². The Morgan fingerprint density at radius 1 is 1.30 bits per heavy atom. The van der Waals surface area contributed by atoms with Gasteiger partial charge in [0.2, 0.25) is 11.8 Å². The summed E-state index contributed by atoms with van der Waals surface area (Å²) in [7, 11) is 0. The van der Waals surface area contributed by atoms with Gasteiger partial charge >= 0.3 is 0 Å². The summed E-state index contributed by atoms with van der Waals surface area (Å²) in [5, 5.41) is 3.41. The molecule has 0 aliphatic rings. The molecule has 0 saturated heterocycles. The van der Waals surface area contributed by atoms with Crippen LogP contribution in [0.1, 0.15) is 32.3 Å². The van der Waals surface area contributed by atoms with Gasteiger partial charge in [-0.1, -0.05) is 24.6 Å². The third-order valence-electron chi connectivity index (χ3n) is 3.02. The highest BCUT2D eigenvalue weighted by atomic mass is 35.5. The molecule has 0 saturated carbocycles. The molecule has 5 heteroatoms. The molecule has 1 aromatic carbocycles. The number of nitrogens with zero attached hydrogens (tertiary/aromatic N) is 1. The van der Waals surface area contributed by atoms with Crippen molar-refractivity contribution in [2.24, 2.45) is 0 Å². The van der Waals surface area contributed by atoms with E-state index in [4.69, 9.17) is 11.6 Å². The Morgan fingerprint density at radius 3 is 2.60 bits per heavy atom. The number of hydrogen-bond donors (Lipinski definition) is 1. The second-order valence-electron chi connectivity index (χ2n) is 4.76. The van der Waals surface area contributed by atoms with Crippen molar-refractivity contribution in [3.05, 3.63) is 28.8 Å². The summed E-state index contributed by atoms with van der Waals surface area (Å²) in [6.45, 7) is 6.55. The summed E-state index contributed by atoms with van der Waals surface area (Å²) in [4.78, 5) is 25.0. The molecule has 110 valence electrons. The minimum Gasteiger partial charge on any atom is -0.342 e. The standard InChI is InChI=1S/C15H21ClN2O2/c1-4-8-18(12(3)19)9-7-15(20)17-14-10-13(16)6-5-11(14)2/h5-6,10H,4,7-9H2,1-3H3,(H,17,20). The lowest BCUT2D eigenvalue weighted by atomic mass is 10.2. The van der Waals surface area contributed by atoms with Crippen LogP contribution in [0.3, 0.4) is 0 Å². The normalized spacial score (nSPS) is 10.2. The van der Waals surface area contributed by atoms with Crippen molar-refractivity contribution in [3.8, 4) is 0 Å². The van der Waals surface area contributed by atoms with Crippen molar-refractivity contribution in [3.63, 3.8) is 0 Å². The van der Waals surface area contributed by atoms with Crippen LogP contribution < -0.4 is 5.32 Å². The van der Waals surface area contributed by atoms with Gasteiger partial charge < -0.3 is 10.2 Å². The molecule has 0 heterocycles. The minimum absolute atomic E-state index is 0.00131. The Hall–Kier alpha value is -1.55. The van der Waals surface area contributed by atoms with Crippen molar-refractivity contribution in [2.75, 3.05) is 18.4 Å². The number of nitrogens with one attached hydrogen (secondary N) is 1. The third kappa shape index (κ3) is 5.21. The highest BCUT2D eigenvalue weighted by molar-refractivity contribution is 6.31. The maximum absolute atomic E-state index is 11.9. The highest BCUT2D eigenvalue weighted by Gasteiger charge is 2.11. The molecule has 0 aliphatic heterocycles. The maximum atomic E-state index is 11.9. The Labute approximate surface area is 125 Å². The summed E-state index contributed by atoms with van der Waals surface area (Å²) in [5.41, 5.74) is 1.67. The number of aryl methyl sites for hydroxylation is 1. The predicted molar refractivity (Wildman–Crippen MR) is 82.0 cm³/mol. The molecule has 0 unspecified atom stereocenters. The van der Waals surface area contributed by atoms with Crippen LogP contribution in [-0.4, -0.2) is 29.8 Å².